The Morgan fingerprint density at radius 2 is 1.31 bits per heavy atom. The van der Waals surface area contributed by atoms with Crippen LogP contribution in [0.1, 0.15) is 138 Å². The minimum atomic E-state index is -1.12. The van der Waals surface area contributed by atoms with Gasteiger partial charge in [-0.2, -0.15) is 0 Å². The highest BCUT2D eigenvalue weighted by atomic mass is 16.6. The summed E-state index contributed by atoms with van der Waals surface area (Å²) in [6.45, 7) is 16.7. The highest BCUT2D eigenvalue weighted by Crippen LogP contribution is 2.30. The molecule has 1 fully saturated rings. The average molecular weight is 1340 g/mol. The predicted octanol–water partition coefficient (Wildman–Crippen LogP) is 4.74. The molecule has 27 heteroatoms. The van der Waals surface area contributed by atoms with Crippen molar-refractivity contribution >= 4 is 76.9 Å². The van der Waals surface area contributed by atoms with Gasteiger partial charge >= 0.3 is 18.1 Å². The van der Waals surface area contributed by atoms with Gasteiger partial charge in [0.25, 0.3) is 11.8 Å². The molecular formula is C69H105N11O16. The number of unbranched alkanes of at least 4 members (excludes halogenated alkanes) is 2. The van der Waals surface area contributed by atoms with Gasteiger partial charge in [0, 0.05) is 78.6 Å². The number of imide groups is 1. The quantitative estimate of drug-likeness (QED) is 0.0270. The number of primary amides is 1. The van der Waals surface area contributed by atoms with Crippen molar-refractivity contribution < 1.29 is 76.5 Å². The maximum Gasteiger partial charge on any atom is 0.410 e. The third-order valence-electron chi connectivity index (χ3n) is 17.8. The van der Waals surface area contributed by atoms with E-state index in [2.05, 4.69) is 31.9 Å². The van der Waals surface area contributed by atoms with E-state index in [1.54, 1.807) is 84.7 Å². The van der Waals surface area contributed by atoms with E-state index in [1.165, 1.54) is 50.3 Å². The Hall–Kier alpha value is -8.46. The van der Waals surface area contributed by atoms with Crippen LogP contribution in [0.3, 0.4) is 0 Å². The van der Waals surface area contributed by atoms with Crippen molar-refractivity contribution in [3.05, 3.63) is 77.9 Å². The van der Waals surface area contributed by atoms with Crippen LogP contribution < -0.4 is 37.6 Å². The van der Waals surface area contributed by atoms with Gasteiger partial charge in [-0.05, 0) is 85.5 Å². The minimum absolute atomic E-state index is 0.0807. The first-order valence-electron chi connectivity index (χ1n) is 33.3. The maximum atomic E-state index is 14.8. The van der Waals surface area contributed by atoms with Crippen molar-refractivity contribution in [2.24, 2.45) is 35.3 Å². The molecule has 11 atom stereocenters. The largest absolute Gasteiger partial charge is 0.467 e. The Morgan fingerprint density at radius 1 is 0.677 bits per heavy atom. The number of ether oxygens (including phenoxy) is 4. The van der Waals surface area contributed by atoms with Gasteiger partial charge in [-0.1, -0.05) is 118 Å². The molecule has 2 aliphatic rings. The fraction of sp³-hybridized carbons (Fsp3) is 0.623. The van der Waals surface area contributed by atoms with Gasteiger partial charge in [0.2, 0.25) is 41.4 Å². The molecule has 2 heterocycles. The number of nitrogens with one attached hydrogen (secondary N) is 6. The molecule has 532 valence electrons. The van der Waals surface area contributed by atoms with Crippen LogP contribution in [0.15, 0.2) is 66.7 Å². The van der Waals surface area contributed by atoms with Crippen LogP contribution in [-0.4, -0.2) is 200 Å². The number of rotatable bonds is 39. The van der Waals surface area contributed by atoms with Gasteiger partial charge in [-0.15, -0.1) is 0 Å². The summed E-state index contributed by atoms with van der Waals surface area (Å²) >= 11 is 0. The Morgan fingerprint density at radius 3 is 1.89 bits per heavy atom. The van der Waals surface area contributed by atoms with Gasteiger partial charge in [-0.25, -0.2) is 14.4 Å². The zero-order valence-electron chi connectivity index (χ0n) is 58.4. The lowest BCUT2D eigenvalue weighted by Crippen LogP contribution is -2.60. The summed E-state index contributed by atoms with van der Waals surface area (Å²) in [6.07, 6.45) is 3.86. The molecule has 0 bridgehead atoms. The van der Waals surface area contributed by atoms with Crippen LogP contribution in [0.5, 0.6) is 0 Å². The number of anilines is 1. The number of hydrogen-bond acceptors (Lipinski definition) is 16. The minimum Gasteiger partial charge on any atom is -0.467 e. The topological polar surface area (TPSA) is 353 Å². The Bertz CT molecular complexity index is 2960. The van der Waals surface area contributed by atoms with E-state index in [0.717, 1.165) is 10.5 Å². The molecule has 0 spiro atoms. The standard InChI is InChI=1S/C69H105N11O16/c1-15-44(8)60(52(93-12)39-56(84)79-37-23-27-51(79)61(94-13)45(9)62(85)74-50(67(90)95-14)38-46-24-18-16-19-25-46)77(10)66(89)58(42(4)5)76-65(88)59(43(6)7)78(11)69(92)96-40-47-29-31-48(32-30-47)72-63(86)49(26-22-35-71-68(70)91)73-64(87)57(41(2)3)75-53(81)28-20-17-21-36-80-54(82)33-34-55(80)83/h16,18-19,24-25,29-34,41-45,49-52,57-61H,15,17,20-23,26-28,35-40H2,1-14H3,(H,72,86)(H,73,87)(H,74,85)(H,75,81)(H,76,88)(H3,70,71,91)/t44-,45+,49-,50+,51?,52+,57-,58-,59-,60-,61?/m0/s1. The maximum absolute atomic E-state index is 14.8. The number of urea groups is 1. The number of likely N-dealkylation sites (N-methyl/N-ethyl adjacent to an activating group) is 2. The summed E-state index contributed by atoms with van der Waals surface area (Å²) < 4.78 is 22.8. The second kappa shape index (κ2) is 39.5. The highest BCUT2D eigenvalue weighted by Gasteiger charge is 2.44. The number of benzene rings is 2. The molecule has 27 nitrogen and oxygen atoms in total. The van der Waals surface area contributed by atoms with Crippen molar-refractivity contribution in [1.82, 2.24) is 46.2 Å². The van der Waals surface area contributed by atoms with E-state index in [1.807, 2.05) is 44.2 Å². The van der Waals surface area contributed by atoms with Gasteiger partial charge < -0.3 is 66.4 Å². The van der Waals surface area contributed by atoms with Crippen LogP contribution in [0.2, 0.25) is 0 Å². The van der Waals surface area contributed by atoms with Gasteiger partial charge in [-0.3, -0.25) is 53.0 Å². The van der Waals surface area contributed by atoms with Crippen molar-refractivity contribution in [3.8, 4) is 0 Å². The van der Waals surface area contributed by atoms with Crippen molar-refractivity contribution in [3.63, 3.8) is 0 Å². The molecule has 12 amide bonds. The lowest BCUT2D eigenvalue weighted by molar-refractivity contribution is -0.149. The molecule has 8 N–H and O–H groups in total. The number of nitrogens with two attached hydrogens (primary N) is 1. The smallest absolute Gasteiger partial charge is 0.410 e. The first-order chi connectivity index (χ1) is 45.5. The van der Waals surface area contributed by atoms with E-state index in [0.29, 0.717) is 56.3 Å². The lowest BCUT2D eigenvalue weighted by atomic mass is 9.89. The zero-order chi connectivity index (χ0) is 71.5. The second-order valence-corrected chi connectivity index (χ2v) is 25.9. The summed E-state index contributed by atoms with van der Waals surface area (Å²) in [5.41, 5.74) is 6.93. The molecule has 4 rings (SSSR count). The molecule has 2 aromatic carbocycles. The van der Waals surface area contributed by atoms with E-state index >= 15 is 0 Å². The third kappa shape index (κ3) is 23.7. The van der Waals surface area contributed by atoms with Gasteiger partial charge in [0.1, 0.15) is 36.8 Å². The van der Waals surface area contributed by atoms with E-state index in [9.17, 15) is 57.5 Å². The molecule has 2 unspecified atom stereocenters. The summed E-state index contributed by atoms with van der Waals surface area (Å²) in [4.78, 5) is 166. The molecule has 0 saturated carbocycles. The summed E-state index contributed by atoms with van der Waals surface area (Å²) in [5, 5.41) is 16.5. The first-order valence-corrected chi connectivity index (χ1v) is 33.3. The van der Waals surface area contributed by atoms with Crippen LogP contribution in [-0.2, 0) is 79.9 Å². The number of likely N-dealkylation sites (tertiary alicyclic amines) is 1. The van der Waals surface area contributed by atoms with Crippen LogP contribution in [0.25, 0.3) is 0 Å². The normalized spacial score (nSPS) is 16.9. The summed E-state index contributed by atoms with van der Waals surface area (Å²) in [7, 11) is 7.28. The number of carbonyl (C=O) groups excluding carboxylic acids is 12. The third-order valence-corrected chi connectivity index (χ3v) is 17.8. The van der Waals surface area contributed by atoms with Crippen LogP contribution in [0, 0.1) is 29.6 Å². The summed E-state index contributed by atoms with van der Waals surface area (Å²) in [6, 6.07) is 8.45. The molecule has 96 heavy (non-hydrogen) atoms. The van der Waals surface area contributed by atoms with Crippen LogP contribution in [0.4, 0.5) is 15.3 Å². The van der Waals surface area contributed by atoms with Crippen molar-refractivity contribution in [1.29, 1.82) is 0 Å². The average Bonchev–Trinajstić information content (AvgIpc) is 1.55. The number of esters is 1. The molecule has 0 aromatic heterocycles. The number of methoxy groups -OCH3 is 3. The van der Waals surface area contributed by atoms with Crippen molar-refractivity contribution in [2.45, 2.75) is 194 Å². The molecular weight excluding hydrogens is 1240 g/mol. The number of carbonyl (C=O) groups is 12. The van der Waals surface area contributed by atoms with Crippen LogP contribution >= 0.6 is 0 Å². The molecule has 0 radical (unpaired) electrons. The summed E-state index contributed by atoms with van der Waals surface area (Å²) in [5.74, 6) is -6.93. The van der Waals surface area contributed by atoms with E-state index in [-0.39, 0.29) is 81.4 Å². The lowest BCUT2D eigenvalue weighted by Gasteiger charge is -2.41. The Balaban J connectivity index is 1.38. The van der Waals surface area contributed by atoms with E-state index in [4.69, 9.17) is 24.7 Å². The SMILES string of the molecule is CC[C@H](C)[C@@H]([C@@H](CC(=O)N1CCCC1C(OC)[C@@H](C)C(=O)N[C@H](Cc1ccccc1)C(=O)OC)OC)N(C)C(=O)[C@@H](NC(=O)[C@H](C(C)C)N(C)C(=O)OCc1ccc(NC(=O)[C@H](CCCNC(N)=O)NC(=O)[C@@H](NC(=O)CCCCCN2C(=O)C=CC2=O)C(C)C)cc1)C(C)C. The Kier molecular flexibility index (Phi) is 32.9. The Labute approximate surface area is 565 Å². The zero-order valence-corrected chi connectivity index (χ0v) is 58.4. The van der Waals surface area contributed by atoms with Gasteiger partial charge in [0.15, 0.2) is 0 Å². The predicted molar refractivity (Wildman–Crippen MR) is 358 cm³/mol. The fourth-order valence-corrected chi connectivity index (χ4v) is 12.2. The molecule has 2 aliphatic heterocycles. The van der Waals surface area contributed by atoms with Crippen molar-refractivity contribution in [2.75, 3.05) is 60.4 Å². The van der Waals surface area contributed by atoms with E-state index < -0.39 is 126 Å². The molecule has 2 aromatic rings. The van der Waals surface area contributed by atoms with Gasteiger partial charge in [0.05, 0.1) is 43.7 Å². The second-order valence-electron chi connectivity index (χ2n) is 25.9. The molecule has 0 aliphatic carbocycles. The fourth-order valence-electron chi connectivity index (χ4n) is 12.2. The number of nitrogens with zero attached hydrogens (tertiary/aromatic N) is 4. The number of hydrogen-bond donors (Lipinski definition) is 7. The number of amides is 12. The first kappa shape index (κ1) is 80.0. The monoisotopic (exact) mass is 1340 g/mol. The molecule has 1 saturated heterocycles. The highest BCUT2D eigenvalue weighted by molar-refractivity contribution is 6.12.